The van der Waals surface area contributed by atoms with Gasteiger partial charge in [-0.15, -0.1) is 0 Å². The van der Waals surface area contributed by atoms with Crippen LogP contribution in [0.5, 0.6) is 0 Å². The summed E-state index contributed by atoms with van der Waals surface area (Å²) in [6.45, 7) is 4.84. The van der Waals surface area contributed by atoms with Gasteiger partial charge in [-0.2, -0.15) is 0 Å². The molecular weight excluding hydrogens is 410 g/mol. The molecule has 3 aromatic rings. The Labute approximate surface area is 184 Å². The van der Waals surface area contributed by atoms with Gasteiger partial charge in [-0.3, -0.25) is 4.79 Å². The minimum Gasteiger partial charge on any atom is -0.351 e. The Hall–Kier alpha value is -3.10. The number of rotatable bonds is 5. The van der Waals surface area contributed by atoms with Crippen molar-refractivity contribution >= 4 is 28.5 Å². The van der Waals surface area contributed by atoms with E-state index in [1.807, 2.05) is 48.5 Å². The molecule has 0 fully saturated rings. The second-order valence-corrected chi connectivity index (χ2v) is 10.0. The van der Waals surface area contributed by atoms with Crippen LogP contribution in [0.1, 0.15) is 29.8 Å². The number of benzene rings is 2. The fourth-order valence-corrected chi connectivity index (χ4v) is 4.40. The Bertz CT molecular complexity index is 1180. The third-order valence-corrected chi connectivity index (χ3v) is 6.58. The van der Waals surface area contributed by atoms with Crippen LogP contribution in [0.3, 0.4) is 0 Å². The largest absolute Gasteiger partial charge is 0.351 e. The molecule has 4 rings (SSSR count). The van der Waals surface area contributed by atoms with Crippen LogP contribution in [0.4, 0.5) is 11.6 Å². The van der Waals surface area contributed by atoms with Crippen LogP contribution in [0.15, 0.2) is 59.6 Å². The minimum absolute atomic E-state index is 0.0408. The highest BCUT2D eigenvalue weighted by Gasteiger charge is 2.31. The van der Waals surface area contributed by atoms with Crippen LogP contribution in [0.2, 0.25) is 0 Å². The maximum Gasteiger partial charge on any atom is 0.251 e. The average molecular weight is 436 g/mol. The summed E-state index contributed by atoms with van der Waals surface area (Å²) in [6, 6.07) is 15.0. The summed E-state index contributed by atoms with van der Waals surface area (Å²) >= 11 is 0. The van der Waals surface area contributed by atoms with E-state index in [2.05, 4.69) is 34.4 Å². The molecule has 31 heavy (non-hydrogen) atoms. The maximum absolute atomic E-state index is 12.3. The second-order valence-electron chi connectivity index (χ2n) is 8.31. The molecule has 1 aromatic heterocycles. The first kappa shape index (κ1) is 21.1. The summed E-state index contributed by atoms with van der Waals surface area (Å²) in [5.74, 6) is 0.404. The van der Waals surface area contributed by atoms with Crippen LogP contribution in [-0.4, -0.2) is 45.0 Å². The summed E-state index contributed by atoms with van der Waals surface area (Å²) in [6.07, 6.45) is 1.70. The number of hydrogen-bond donors (Lipinski definition) is 2. The molecule has 1 amide bonds. The van der Waals surface area contributed by atoms with E-state index >= 15 is 0 Å². The molecule has 0 radical (unpaired) electrons. The van der Waals surface area contributed by atoms with Crippen molar-refractivity contribution in [3.05, 3.63) is 65.9 Å². The quantitative estimate of drug-likeness (QED) is 0.641. The summed E-state index contributed by atoms with van der Waals surface area (Å²) in [4.78, 5) is 21.9. The summed E-state index contributed by atoms with van der Waals surface area (Å²) < 4.78 is 14.0. The van der Waals surface area contributed by atoms with Gasteiger partial charge in [-0.05, 0) is 56.1 Å². The monoisotopic (exact) mass is 435 g/mol. The van der Waals surface area contributed by atoms with Crippen LogP contribution >= 0.6 is 0 Å². The molecule has 2 aromatic carbocycles. The molecule has 1 unspecified atom stereocenters. The zero-order valence-electron chi connectivity index (χ0n) is 18.0. The summed E-state index contributed by atoms with van der Waals surface area (Å²) in [5, 5.41) is 6.14. The number of hydrogen-bond acceptors (Lipinski definition) is 5. The van der Waals surface area contributed by atoms with Crippen molar-refractivity contribution in [1.29, 1.82) is 0 Å². The highest BCUT2D eigenvalue weighted by atomic mass is 32.2. The molecule has 0 aliphatic carbocycles. The number of aromatic nitrogens is 2. The van der Waals surface area contributed by atoms with Gasteiger partial charge < -0.3 is 10.6 Å². The van der Waals surface area contributed by atoms with Crippen molar-refractivity contribution in [2.24, 2.45) is 0 Å². The molecule has 2 heterocycles. The van der Waals surface area contributed by atoms with Crippen LogP contribution < -0.4 is 10.6 Å². The lowest BCUT2D eigenvalue weighted by Crippen LogP contribution is -2.43. The van der Waals surface area contributed by atoms with Gasteiger partial charge in [0.2, 0.25) is 5.95 Å². The molecule has 2 N–H and O–H groups in total. The third-order valence-electron chi connectivity index (χ3n) is 5.26. The molecule has 0 spiro atoms. The predicted octanol–water partition coefficient (Wildman–Crippen LogP) is 3.49. The van der Waals surface area contributed by atoms with E-state index in [9.17, 15) is 9.00 Å². The number of carbonyl (C=O) groups is 1. The standard InChI is InChI=1S/C23H25N5O2S/c1-23(2)14-25-21(29)18-9-8-15(12-19(18)23)20-10-11-24-22(27-20)26-16-6-5-7-17(13-16)31(30)28(3)4/h5-13H,14H2,1-4H3,(H,25,29)(H,24,26,27). The first-order valence-electron chi connectivity index (χ1n) is 9.97. The van der Waals surface area contributed by atoms with Gasteiger partial charge in [0.05, 0.1) is 10.6 Å². The second kappa shape index (κ2) is 8.20. The van der Waals surface area contributed by atoms with Gasteiger partial charge in [-0.1, -0.05) is 26.0 Å². The Morgan fingerprint density at radius 2 is 1.94 bits per heavy atom. The average Bonchev–Trinajstić information content (AvgIpc) is 2.76. The van der Waals surface area contributed by atoms with Gasteiger partial charge in [-0.25, -0.2) is 18.5 Å². The van der Waals surface area contributed by atoms with Gasteiger partial charge in [0.15, 0.2) is 0 Å². The smallest absolute Gasteiger partial charge is 0.251 e. The van der Waals surface area contributed by atoms with Crippen LogP contribution in [-0.2, 0) is 16.4 Å². The molecule has 1 aliphatic heterocycles. The Balaban J connectivity index is 1.64. The summed E-state index contributed by atoms with van der Waals surface area (Å²) in [7, 11) is 2.31. The topological polar surface area (TPSA) is 87.2 Å². The SMILES string of the molecule is CN(C)S(=O)c1cccc(Nc2nccc(-c3ccc4c(c3)C(C)(C)CNC4=O)n2)c1. The zero-order valence-corrected chi connectivity index (χ0v) is 18.8. The molecule has 0 saturated carbocycles. The molecule has 0 bridgehead atoms. The molecule has 160 valence electrons. The number of anilines is 2. The van der Waals surface area contributed by atoms with E-state index in [4.69, 9.17) is 0 Å². The highest BCUT2D eigenvalue weighted by Crippen LogP contribution is 2.33. The fourth-order valence-electron chi connectivity index (χ4n) is 3.56. The Morgan fingerprint density at radius 1 is 1.13 bits per heavy atom. The van der Waals surface area contributed by atoms with Gasteiger partial charge in [0, 0.05) is 35.0 Å². The third kappa shape index (κ3) is 4.35. The van der Waals surface area contributed by atoms with E-state index in [0.29, 0.717) is 23.0 Å². The lowest BCUT2D eigenvalue weighted by molar-refractivity contribution is 0.0930. The maximum atomic E-state index is 12.3. The lowest BCUT2D eigenvalue weighted by Gasteiger charge is -2.32. The molecule has 1 aliphatic rings. The van der Waals surface area contributed by atoms with Crippen molar-refractivity contribution in [3.8, 4) is 11.3 Å². The van der Waals surface area contributed by atoms with Crippen molar-refractivity contribution in [3.63, 3.8) is 0 Å². The van der Waals surface area contributed by atoms with Crippen molar-refractivity contribution in [2.45, 2.75) is 24.2 Å². The zero-order chi connectivity index (χ0) is 22.2. The molecule has 8 heteroatoms. The first-order valence-corrected chi connectivity index (χ1v) is 11.1. The molecule has 1 atom stereocenters. The van der Waals surface area contributed by atoms with Crippen LogP contribution in [0.25, 0.3) is 11.3 Å². The van der Waals surface area contributed by atoms with Crippen molar-refractivity contribution in [2.75, 3.05) is 26.0 Å². The molecule has 7 nitrogen and oxygen atoms in total. The normalized spacial score (nSPS) is 15.8. The fraction of sp³-hybridized carbons (Fsp3) is 0.261. The van der Waals surface area contributed by atoms with E-state index in [1.54, 1.807) is 24.6 Å². The van der Waals surface area contributed by atoms with Gasteiger partial charge in [0.1, 0.15) is 11.0 Å². The molecule has 0 saturated heterocycles. The predicted molar refractivity (Wildman–Crippen MR) is 123 cm³/mol. The number of carbonyl (C=O) groups excluding carboxylic acids is 1. The van der Waals surface area contributed by atoms with Crippen LogP contribution in [0, 0.1) is 0 Å². The van der Waals surface area contributed by atoms with E-state index in [-0.39, 0.29) is 11.3 Å². The van der Waals surface area contributed by atoms with Gasteiger partial charge >= 0.3 is 0 Å². The van der Waals surface area contributed by atoms with E-state index in [0.717, 1.165) is 22.5 Å². The van der Waals surface area contributed by atoms with Gasteiger partial charge in [0.25, 0.3) is 5.91 Å². The molecular formula is C23H25N5O2S. The van der Waals surface area contributed by atoms with E-state index < -0.39 is 11.0 Å². The highest BCUT2D eigenvalue weighted by molar-refractivity contribution is 7.82. The number of fused-ring (bicyclic) bond motifs is 1. The first-order chi connectivity index (χ1) is 14.7. The van der Waals surface area contributed by atoms with Crippen molar-refractivity contribution < 1.29 is 9.00 Å². The number of nitrogens with one attached hydrogen (secondary N) is 2. The number of amides is 1. The van der Waals surface area contributed by atoms with Crippen molar-refractivity contribution in [1.82, 2.24) is 19.6 Å². The Morgan fingerprint density at radius 3 is 2.71 bits per heavy atom. The summed E-state index contributed by atoms with van der Waals surface area (Å²) in [5.41, 5.74) is 4.01. The Kier molecular flexibility index (Phi) is 5.60. The van der Waals surface area contributed by atoms with E-state index in [1.165, 1.54) is 0 Å². The minimum atomic E-state index is -1.23. The lowest BCUT2D eigenvalue weighted by atomic mass is 9.78. The number of nitrogens with zero attached hydrogens (tertiary/aromatic N) is 3.